The monoisotopic (exact) mass is 276 g/mol. The van der Waals surface area contributed by atoms with Crippen LogP contribution in [0.4, 0.5) is 0 Å². The van der Waals surface area contributed by atoms with E-state index in [1.54, 1.807) is 12.2 Å². The lowest BCUT2D eigenvalue weighted by Crippen LogP contribution is -2.32. The second-order valence-corrected chi connectivity index (χ2v) is 5.17. The van der Waals surface area contributed by atoms with Gasteiger partial charge in [0.05, 0.1) is 11.7 Å². The van der Waals surface area contributed by atoms with E-state index in [0.29, 0.717) is 24.2 Å². The molecule has 1 aliphatic carbocycles. The first-order valence-electron chi connectivity index (χ1n) is 6.52. The molecule has 1 aromatic carbocycles. The van der Waals surface area contributed by atoms with Crippen LogP contribution in [0.15, 0.2) is 36.1 Å². The Morgan fingerprint density at radius 3 is 2.65 bits per heavy atom. The molecule has 0 saturated carbocycles. The molecule has 106 valence electrons. The highest BCUT2D eigenvalue weighted by atomic mass is 16.5. The number of aliphatic hydroxyl groups excluding tert-OH is 2. The maximum atomic E-state index is 10.2. The Bertz CT molecular complexity index is 590. The Hall–Kier alpha value is -2.14. The summed E-state index contributed by atoms with van der Waals surface area (Å²) in [5, 5.41) is 38.8. The molecule has 2 unspecified atom stereocenters. The summed E-state index contributed by atoms with van der Waals surface area (Å²) in [5.74, 6) is 0.304. The summed E-state index contributed by atoms with van der Waals surface area (Å²) in [5.41, 5.74) is 0.317. The highest BCUT2D eigenvalue weighted by molar-refractivity contribution is 5.51. The molecular weight excluding hydrogens is 260 g/mol. The number of aliphatic hydroxyl groups is 2. The van der Waals surface area contributed by atoms with Gasteiger partial charge in [-0.25, -0.2) is 0 Å². The number of phenols is 2. The van der Waals surface area contributed by atoms with Gasteiger partial charge in [0.1, 0.15) is 29.1 Å². The van der Waals surface area contributed by atoms with Crippen molar-refractivity contribution in [2.24, 2.45) is 5.92 Å². The third kappa shape index (κ3) is 2.20. The molecule has 0 saturated heterocycles. The molecule has 3 atom stereocenters. The molecule has 5 heteroatoms. The van der Waals surface area contributed by atoms with Crippen molar-refractivity contribution in [1.82, 2.24) is 0 Å². The van der Waals surface area contributed by atoms with Crippen LogP contribution in [0.25, 0.3) is 0 Å². The zero-order valence-electron chi connectivity index (χ0n) is 10.7. The molecule has 2 aliphatic rings. The first-order chi connectivity index (χ1) is 9.54. The van der Waals surface area contributed by atoms with Crippen LogP contribution in [0.2, 0.25) is 0 Å². The van der Waals surface area contributed by atoms with Crippen LogP contribution in [0.1, 0.15) is 24.5 Å². The van der Waals surface area contributed by atoms with Gasteiger partial charge in [-0.1, -0.05) is 6.08 Å². The Morgan fingerprint density at radius 1 is 1.15 bits per heavy atom. The summed E-state index contributed by atoms with van der Waals surface area (Å²) in [6, 6.07) is 2.58. The Morgan fingerprint density at radius 2 is 1.95 bits per heavy atom. The topological polar surface area (TPSA) is 90.2 Å². The minimum atomic E-state index is -0.836. The minimum absolute atomic E-state index is 0.0400. The van der Waals surface area contributed by atoms with E-state index in [2.05, 4.69) is 0 Å². The lowest BCUT2D eigenvalue weighted by atomic mass is 9.87. The molecule has 0 radical (unpaired) electrons. The fraction of sp³-hybridized carbons (Fsp3) is 0.333. The highest BCUT2D eigenvalue weighted by Gasteiger charge is 2.34. The van der Waals surface area contributed by atoms with E-state index < -0.39 is 6.10 Å². The zero-order valence-corrected chi connectivity index (χ0v) is 10.7. The van der Waals surface area contributed by atoms with Gasteiger partial charge in [-0.15, -0.1) is 0 Å². The highest BCUT2D eigenvalue weighted by Crippen LogP contribution is 2.44. The van der Waals surface area contributed by atoms with Gasteiger partial charge in [-0.3, -0.25) is 0 Å². The predicted molar refractivity (Wildman–Crippen MR) is 71.7 cm³/mol. The maximum absolute atomic E-state index is 10.2. The molecule has 1 heterocycles. The van der Waals surface area contributed by atoms with Crippen LogP contribution in [-0.4, -0.2) is 26.5 Å². The third-order valence-corrected chi connectivity index (χ3v) is 3.76. The van der Waals surface area contributed by atoms with Crippen LogP contribution >= 0.6 is 0 Å². The second-order valence-electron chi connectivity index (χ2n) is 5.17. The number of rotatable bonds is 1. The van der Waals surface area contributed by atoms with Gasteiger partial charge >= 0.3 is 0 Å². The van der Waals surface area contributed by atoms with Gasteiger partial charge in [0.2, 0.25) is 0 Å². The Kier molecular flexibility index (Phi) is 3.06. The van der Waals surface area contributed by atoms with Crippen molar-refractivity contribution in [2.45, 2.75) is 25.0 Å². The van der Waals surface area contributed by atoms with Gasteiger partial charge in [0, 0.05) is 24.5 Å². The number of hydrogen-bond acceptors (Lipinski definition) is 5. The number of ether oxygens (including phenoxy) is 1. The lowest BCUT2D eigenvalue weighted by molar-refractivity contribution is 0.0430. The average molecular weight is 276 g/mol. The van der Waals surface area contributed by atoms with E-state index in [1.165, 1.54) is 12.1 Å². The number of allylic oxidation sites excluding steroid dienone is 2. The van der Waals surface area contributed by atoms with E-state index in [1.807, 2.05) is 6.08 Å². The Labute approximate surface area is 116 Å². The van der Waals surface area contributed by atoms with E-state index in [4.69, 9.17) is 4.74 Å². The summed E-state index contributed by atoms with van der Waals surface area (Å²) in [6.45, 7) is 0. The quantitative estimate of drug-likeness (QED) is 0.632. The van der Waals surface area contributed by atoms with Gasteiger partial charge in [-0.2, -0.15) is 0 Å². The molecule has 0 spiro atoms. The fourth-order valence-electron chi connectivity index (χ4n) is 2.74. The van der Waals surface area contributed by atoms with Crippen molar-refractivity contribution < 1.29 is 25.2 Å². The molecule has 0 fully saturated rings. The number of hydrogen-bond donors (Lipinski definition) is 4. The lowest BCUT2D eigenvalue weighted by Gasteiger charge is -2.34. The third-order valence-electron chi connectivity index (χ3n) is 3.76. The summed E-state index contributed by atoms with van der Waals surface area (Å²) in [6.07, 6.45) is 5.04. The molecular formula is C15H16O5. The van der Waals surface area contributed by atoms with Crippen molar-refractivity contribution in [1.29, 1.82) is 0 Å². The SMILES string of the molecule is OC1=CCC([C@@H]2CC(O)c3c(O)cc(O)cc3O2)C=C1. The molecule has 5 nitrogen and oxygen atoms in total. The second kappa shape index (κ2) is 4.76. The molecule has 0 bridgehead atoms. The normalized spacial score (nSPS) is 28.4. The van der Waals surface area contributed by atoms with Crippen LogP contribution in [0, 0.1) is 5.92 Å². The first-order valence-corrected chi connectivity index (χ1v) is 6.52. The van der Waals surface area contributed by atoms with Crippen molar-refractivity contribution in [2.75, 3.05) is 0 Å². The van der Waals surface area contributed by atoms with Gasteiger partial charge in [0.25, 0.3) is 0 Å². The van der Waals surface area contributed by atoms with Crippen LogP contribution in [0.3, 0.4) is 0 Å². The average Bonchev–Trinajstić information content (AvgIpc) is 2.38. The summed E-state index contributed by atoms with van der Waals surface area (Å²) < 4.78 is 5.80. The Balaban J connectivity index is 1.87. The molecule has 1 aromatic rings. The zero-order chi connectivity index (χ0) is 14.3. The summed E-state index contributed by atoms with van der Waals surface area (Å²) in [4.78, 5) is 0. The van der Waals surface area contributed by atoms with Crippen molar-refractivity contribution in [3.8, 4) is 17.2 Å². The van der Waals surface area contributed by atoms with Crippen molar-refractivity contribution in [3.63, 3.8) is 0 Å². The smallest absolute Gasteiger partial charge is 0.132 e. The summed E-state index contributed by atoms with van der Waals surface area (Å²) in [7, 11) is 0. The molecule has 3 rings (SSSR count). The van der Waals surface area contributed by atoms with E-state index in [-0.39, 0.29) is 29.3 Å². The predicted octanol–water partition coefficient (Wildman–Crippen LogP) is 2.30. The maximum Gasteiger partial charge on any atom is 0.132 e. The van der Waals surface area contributed by atoms with E-state index in [0.717, 1.165) is 0 Å². The van der Waals surface area contributed by atoms with Gasteiger partial charge < -0.3 is 25.2 Å². The molecule has 4 N–H and O–H groups in total. The van der Waals surface area contributed by atoms with Gasteiger partial charge in [-0.05, 0) is 18.6 Å². The molecule has 0 aromatic heterocycles. The standard InChI is InChI=1S/C15H16O5/c16-9-3-1-8(2-4-9)13-7-12(19)15-11(18)5-10(17)6-14(15)20-13/h1,3-6,8,12-13,16-19H,2,7H2/t8?,12?,13-/m0/s1. The number of phenolic OH excluding ortho intramolecular Hbond substituents is 2. The van der Waals surface area contributed by atoms with Crippen molar-refractivity contribution >= 4 is 0 Å². The number of fused-ring (bicyclic) bond motifs is 1. The molecule has 20 heavy (non-hydrogen) atoms. The van der Waals surface area contributed by atoms with E-state index in [9.17, 15) is 20.4 Å². The van der Waals surface area contributed by atoms with Crippen molar-refractivity contribution in [3.05, 3.63) is 41.7 Å². The molecule has 1 aliphatic heterocycles. The number of benzene rings is 1. The largest absolute Gasteiger partial charge is 0.508 e. The molecule has 0 amide bonds. The number of aromatic hydroxyl groups is 2. The minimum Gasteiger partial charge on any atom is -0.508 e. The fourth-order valence-corrected chi connectivity index (χ4v) is 2.74. The van der Waals surface area contributed by atoms with Crippen LogP contribution < -0.4 is 4.74 Å². The van der Waals surface area contributed by atoms with Gasteiger partial charge in [0.15, 0.2) is 0 Å². The first kappa shape index (κ1) is 12.9. The van der Waals surface area contributed by atoms with E-state index >= 15 is 0 Å². The van der Waals surface area contributed by atoms with Crippen LogP contribution in [0.5, 0.6) is 17.2 Å². The summed E-state index contributed by atoms with van der Waals surface area (Å²) >= 11 is 0. The van der Waals surface area contributed by atoms with Crippen LogP contribution in [-0.2, 0) is 0 Å².